The quantitative estimate of drug-likeness (QED) is 0.220. The Hall–Kier alpha value is -0.510. The molecule has 1 heterocycles. The van der Waals surface area contributed by atoms with Crippen LogP contribution in [0.2, 0.25) is 0 Å². The van der Waals surface area contributed by atoms with E-state index in [4.69, 9.17) is 4.42 Å². The van der Waals surface area contributed by atoms with E-state index >= 15 is 0 Å². The van der Waals surface area contributed by atoms with Crippen molar-refractivity contribution >= 4 is 5.78 Å². The second-order valence-corrected chi connectivity index (χ2v) is 2.11. The van der Waals surface area contributed by atoms with Gasteiger partial charge in [0.25, 0.3) is 0 Å². The zero-order valence-electron chi connectivity index (χ0n) is 7.03. The van der Waals surface area contributed by atoms with Crippen LogP contribution in [0, 0.1) is 0 Å². The van der Waals surface area contributed by atoms with Gasteiger partial charge in [-0.05, 0) is 24.6 Å². The van der Waals surface area contributed by atoms with Crippen molar-refractivity contribution in [1.29, 1.82) is 0 Å². The number of Topliss-reactive ketones (excluding diaryl/α,β-unsaturated/α-hetero) is 1. The Balaban J connectivity index is 0.00000121. The average Bonchev–Trinajstić information content (AvgIpc) is 2.53. The second kappa shape index (κ2) is 5.19. The van der Waals surface area contributed by atoms with E-state index in [-0.39, 0.29) is 46.7 Å². The molecule has 1 rings (SSSR count). The Morgan fingerprint density at radius 2 is 2.33 bits per heavy atom. The summed E-state index contributed by atoms with van der Waals surface area (Å²) in [6.45, 7) is 1.46. The molecule has 0 radical (unpaired) electrons. The Bertz CT molecular complexity index is 275. The molecule has 0 N–H and O–H groups in total. The number of carbonyl (C=O) groups excluding carboxylic acids is 1. The fourth-order valence-corrected chi connectivity index (χ4v) is 0.656. The number of allylic oxidation sites excluding steroid dienone is 1. The van der Waals surface area contributed by atoms with Crippen molar-refractivity contribution < 1.29 is 43.9 Å². The molecule has 0 bridgehead atoms. The summed E-state index contributed by atoms with van der Waals surface area (Å²) in [4.78, 5) is 11.1. The summed E-state index contributed by atoms with van der Waals surface area (Å²) in [5, 5.41) is 10.1. The third-order valence-electron chi connectivity index (χ3n) is 1.28. The van der Waals surface area contributed by atoms with Crippen LogP contribution >= 0.6 is 0 Å². The number of ketones is 1. The van der Waals surface area contributed by atoms with E-state index in [2.05, 4.69) is 0 Å². The Morgan fingerprint density at radius 1 is 1.67 bits per heavy atom. The summed E-state index contributed by atoms with van der Waals surface area (Å²) >= 11 is 0. The van der Waals surface area contributed by atoms with Gasteiger partial charge in [-0.1, -0.05) is 0 Å². The van der Waals surface area contributed by atoms with Gasteiger partial charge >= 0.3 is 29.6 Å². The third kappa shape index (κ3) is 2.52. The number of hydrogen-bond acceptors (Lipinski definition) is 3. The normalized spacial score (nSPS) is 10.6. The molecule has 0 aromatic carbocycles. The number of furan rings is 1. The van der Waals surface area contributed by atoms with Crippen molar-refractivity contribution in [3.05, 3.63) is 36.0 Å². The zero-order valence-corrected chi connectivity index (χ0v) is 9.03. The van der Waals surface area contributed by atoms with Crippen LogP contribution in [0.5, 0.6) is 0 Å². The van der Waals surface area contributed by atoms with Gasteiger partial charge in [0.1, 0.15) is 0 Å². The maximum absolute atomic E-state index is 11.1. The van der Waals surface area contributed by atoms with E-state index in [1.54, 1.807) is 6.07 Å². The topological polar surface area (TPSA) is 53.3 Å². The molecular formula is C8H7NaO3. The van der Waals surface area contributed by atoms with Crippen molar-refractivity contribution in [3.63, 3.8) is 0 Å². The summed E-state index contributed by atoms with van der Waals surface area (Å²) < 4.78 is 4.79. The number of carbonyl (C=O) groups is 1. The Morgan fingerprint density at radius 3 is 2.75 bits per heavy atom. The molecule has 0 aliphatic heterocycles. The van der Waals surface area contributed by atoms with E-state index in [9.17, 15) is 9.90 Å². The van der Waals surface area contributed by atoms with Gasteiger partial charge in [-0.15, -0.1) is 6.26 Å². The molecule has 0 atom stereocenters. The molecule has 0 saturated heterocycles. The fraction of sp³-hybridized carbons (Fsp3) is 0.125. The zero-order chi connectivity index (χ0) is 8.27. The van der Waals surface area contributed by atoms with Gasteiger partial charge in [0.15, 0.2) is 5.76 Å². The first-order chi connectivity index (χ1) is 5.25. The predicted octanol–water partition coefficient (Wildman–Crippen LogP) is -2.27. The van der Waals surface area contributed by atoms with Gasteiger partial charge in [-0.3, -0.25) is 4.79 Å². The molecule has 3 nitrogen and oxygen atoms in total. The summed E-state index contributed by atoms with van der Waals surface area (Å²) in [5.74, 6) is -0.153. The largest absolute Gasteiger partial charge is 1.00 e. The smallest absolute Gasteiger partial charge is 0.878 e. The molecule has 0 spiro atoms. The van der Waals surface area contributed by atoms with Crippen molar-refractivity contribution in [3.8, 4) is 0 Å². The van der Waals surface area contributed by atoms with E-state index in [1.807, 2.05) is 0 Å². The van der Waals surface area contributed by atoms with E-state index in [0.29, 0.717) is 6.26 Å². The van der Waals surface area contributed by atoms with Crippen LogP contribution in [0.4, 0.5) is 0 Å². The van der Waals surface area contributed by atoms with Gasteiger partial charge in [-0.25, -0.2) is 0 Å². The molecule has 0 aliphatic carbocycles. The first-order valence-corrected chi connectivity index (χ1v) is 3.12. The van der Waals surface area contributed by atoms with Crippen LogP contribution in [-0.2, 0) is 0 Å². The van der Waals surface area contributed by atoms with Crippen LogP contribution < -0.4 is 34.7 Å². The predicted molar refractivity (Wildman–Crippen MR) is 36.8 cm³/mol. The molecule has 1 aromatic heterocycles. The minimum Gasteiger partial charge on any atom is -0.878 e. The molecule has 4 heteroatoms. The van der Waals surface area contributed by atoms with Crippen LogP contribution in [0.1, 0.15) is 17.5 Å². The van der Waals surface area contributed by atoms with E-state index in [0.717, 1.165) is 0 Å². The van der Waals surface area contributed by atoms with Crippen molar-refractivity contribution in [1.82, 2.24) is 0 Å². The summed E-state index contributed by atoms with van der Waals surface area (Å²) in [5.41, 5.74) is 0.153. The molecule has 12 heavy (non-hydrogen) atoms. The maximum Gasteiger partial charge on any atom is 1.00 e. The summed E-state index contributed by atoms with van der Waals surface area (Å²) in [6.07, 6.45) is 1.91. The van der Waals surface area contributed by atoms with Gasteiger partial charge < -0.3 is 9.52 Å². The first kappa shape index (κ1) is 11.5. The molecular weight excluding hydrogens is 167 g/mol. The second-order valence-electron chi connectivity index (χ2n) is 2.11. The maximum atomic E-state index is 11.1. The summed E-state index contributed by atoms with van der Waals surface area (Å²) in [7, 11) is 0. The minimum absolute atomic E-state index is 0. The molecule has 0 unspecified atom stereocenters. The first-order valence-electron chi connectivity index (χ1n) is 3.12. The van der Waals surface area contributed by atoms with Crippen LogP contribution in [0.15, 0.2) is 34.6 Å². The van der Waals surface area contributed by atoms with Gasteiger partial charge in [-0.2, -0.15) is 0 Å². The molecule has 0 amide bonds. The Labute approximate surface area is 92.4 Å². The van der Waals surface area contributed by atoms with Gasteiger partial charge in [0, 0.05) is 0 Å². The fourth-order valence-electron chi connectivity index (χ4n) is 0.656. The van der Waals surface area contributed by atoms with Crippen LogP contribution in [-0.4, -0.2) is 5.78 Å². The molecule has 0 saturated carbocycles. The van der Waals surface area contributed by atoms with Crippen LogP contribution in [0.3, 0.4) is 0 Å². The van der Waals surface area contributed by atoms with E-state index in [1.165, 1.54) is 19.3 Å². The number of hydrogen-bond donors (Lipinski definition) is 0. The molecule has 0 fully saturated rings. The SMILES string of the molecule is CC(=C[O-])C(=O)c1ccco1.[Na+]. The van der Waals surface area contributed by atoms with Crippen molar-refractivity contribution in [2.45, 2.75) is 6.92 Å². The van der Waals surface area contributed by atoms with Gasteiger partial charge in [0.05, 0.1) is 6.26 Å². The third-order valence-corrected chi connectivity index (χ3v) is 1.28. The molecule has 1 aromatic rings. The standard InChI is InChI=1S/C8H8O3.Na/c1-6(5-9)8(10)7-3-2-4-11-7;/h2-5,9H,1H3;/q;+1/p-1. The molecule has 0 aliphatic rings. The van der Waals surface area contributed by atoms with Crippen LogP contribution in [0.25, 0.3) is 0 Å². The van der Waals surface area contributed by atoms with Crippen molar-refractivity contribution in [2.75, 3.05) is 0 Å². The van der Waals surface area contributed by atoms with Crippen molar-refractivity contribution in [2.24, 2.45) is 0 Å². The van der Waals surface area contributed by atoms with E-state index < -0.39 is 0 Å². The summed E-state index contributed by atoms with van der Waals surface area (Å²) in [6, 6.07) is 3.13. The van der Waals surface area contributed by atoms with Gasteiger partial charge in [0.2, 0.25) is 5.78 Å². The average molecular weight is 174 g/mol. The number of rotatable bonds is 2. The monoisotopic (exact) mass is 174 g/mol. The Kier molecular flexibility index (Phi) is 4.97. The minimum atomic E-state index is -0.356. The molecule has 58 valence electrons.